The number of allylic oxidation sites excluding steroid dienone is 1. The van der Waals surface area contributed by atoms with Gasteiger partial charge >= 0.3 is 6.09 Å². The van der Waals surface area contributed by atoms with E-state index in [1.807, 2.05) is 66.7 Å². The van der Waals surface area contributed by atoms with Crippen molar-refractivity contribution in [2.45, 2.75) is 19.4 Å². The van der Waals surface area contributed by atoms with Crippen molar-refractivity contribution in [3.63, 3.8) is 0 Å². The van der Waals surface area contributed by atoms with E-state index in [4.69, 9.17) is 4.74 Å². The summed E-state index contributed by atoms with van der Waals surface area (Å²) in [6.07, 6.45) is 4.62. The highest BCUT2D eigenvalue weighted by atomic mass is 16.6. The number of piperidine rings is 1. The minimum atomic E-state index is -0.556. The molecule has 1 fully saturated rings. The summed E-state index contributed by atoms with van der Waals surface area (Å²) in [6, 6.07) is 19.4. The lowest BCUT2D eigenvalue weighted by Crippen LogP contribution is -2.42. The van der Waals surface area contributed by atoms with Gasteiger partial charge < -0.3 is 4.74 Å². The predicted molar refractivity (Wildman–Crippen MR) is 96.5 cm³/mol. The Kier molecular flexibility index (Phi) is 5.62. The van der Waals surface area contributed by atoms with Gasteiger partial charge in [0.25, 0.3) is 0 Å². The smallest absolute Gasteiger partial charge is 0.416 e. The van der Waals surface area contributed by atoms with Crippen LogP contribution in [-0.2, 0) is 16.1 Å². The molecule has 3 rings (SSSR count). The molecule has 1 aliphatic heterocycles. The Bertz CT molecular complexity index is 740. The maximum absolute atomic E-state index is 12.3. The molecular weight excluding hydrogens is 314 g/mol. The number of hydrogen-bond acceptors (Lipinski definition) is 3. The van der Waals surface area contributed by atoms with Crippen LogP contribution in [0.25, 0.3) is 6.08 Å². The van der Waals surface area contributed by atoms with Crippen molar-refractivity contribution in [1.82, 2.24) is 4.90 Å². The van der Waals surface area contributed by atoms with Crippen molar-refractivity contribution in [1.29, 1.82) is 0 Å². The van der Waals surface area contributed by atoms with Gasteiger partial charge in [-0.25, -0.2) is 9.69 Å². The van der Waals surface area contributed by atoms with E-state index < -0.39 is 6.09 Å². The summed E-state index contributed by atoms with van der Waals surface area (Å²) < 4.78 is 5.25. The van der Waals surface area contributed by atoms with Gasteiger partial charge in [0, 0.05) is 13.0 Å². The molecule has 25 heavy (non-hydrogen) atoms. The molecule has 1 atom stereocenters. The molecule has 0 N–H and O–H groups in total. The van der Waals surface area contributed by atoms with Crippen LogP contribution in [0.2, 0.25) is 0 Å². The number of carbonyl (C=O) groups excluding carboxylic acids is 2. The van der Waals surface area contributed by atoms with E-state index in [-0.39, 0.29) is 18.4 Å². The van der Waals surface area contributed by atoms with Crippen LogP contribution in [0.5, 0.6) is 0 Å². The summed E-state index contributed by atoms with van der Waals surface area (Å²) in [5.41, 5.74) is 2.02. The Morgan fingerprint density at radius 2 is 1.76 bits per heavy atom. The summed E-state index contributed by atoms with van der Waals surface area (Å²) >= 11 is 0. The van der Waals surface area contributed by atoms with Gasteiger partial charge in [0.1, 0.15) is 6.61 Å². The molecule has 4 nitrogen and oxygen atoms in total. The van der Waals surface area contributed by atoms with Crippen molar-refractivity contribution in [2.24, 2.45) is 5.92 Å². The number of benzene rings is 2. The third-order valence-electron chi connectivity index (χ3n) is 4.25. The minimum absolute atomic E-state index is 0.158. The van der Waals surface area contributed by atoms with Gasteiger partial charge in [-0.2, -0.15) is 0 Å². The zero-order chi connectivity index (χ0) is 17.5. The van der Waals surface area contributed by atoms with Crippen LogP contribution < -0.4 is 0 Å². The quantitative estimate of drug-likeness (QED) is 0.838. The number of hydrogen-bond donors (Lipinski definition) is 0. The molecule has 2 aromatic carbocycles. The Morgan fingerprint density at radius 3 is 2.44 bits per heavy atom. The Balaban J connectivity index is 1.50. The molecule has 1 saturated heterocycles. The third kappa shape index (κ3) is 4.80. The molecule has 0 saturated carbocycles. The van der Waals surface area contributed by atoms with Crippen LogP contribution in [0.4, 0.5) is 4.79 Å². The van der Waals surface area contributed by atoms with Crippen LogP contribution in [-0.4, -0.2) is 23.4 Å². The van der Waals surface area contributed by atoms with E-state index in [1.165, 1.54) is 4.90 Å². The van der Waals surface area contributed by atoms with Crippen LogP contribution in [0.3, 0.4) is 0 Å². The third-order valence-corrected chi connectivity index (χ3v) is 4.25. The SMILES string of the molecule is O=C1C[C@H](/C=C/c2ccccc2)CCN1C(=O)OCc1ccccc1. The highest BCUT2D eigenvalue weighted by molar-refractivity contribution is 5.92. The summed E-state index contributed by atoms with van der Waals surface area (Å²) in [7, 11) is 0. The van der Waals surface area contributed by atoms with E-state index in [0.717, 1.165) is 17.5 Å². The summed E-state index contributed by atoms with van der Waals surface area (Å²) in [5.74, 6) is -0.0158. The Labute approximate surface area is 147 Å². The van der Waals surface area contributed by atoms with Crippen molar-refractivity contribution >= 4 is 18.1 Å². The van der Waals surface area contributed by atoms with Crippen molar-refractivity contribution in [2.75, 3.05) is 6.54 Å². The molecule has 0 unspecified atom stereocenters. The summed E-state index contributed by atoms with van der Waals surface area (Å²) in [6.45, 7) is 0.580. The Morgan fingerprint density at radius 1 is 1.08 bits per heavy atom. The van der Waals surface area contributed by atoms with Gasteiger partial charge in [0.15, 0.2) is 0 Å². The molecule has 2 aromatic rings. The lowest BCUT2D eigenvalue weighted by atomic mass is 9.95. The van der Waals surface area contributed by atoms with Crippen molar-refractivity contribution in [3.05, 3.63) is 77.9 Å². The summed E-state index contributed by atoms with van der Waals surface area (Å²) in [5, 5.41) is 0. The summed E-state index contributed by atoms with van der Waals surface area (Å²) in [4.78, 5) is 25.6. The van der Waals surface area contributed by atoms with E-state index in [9.17, 15) is 9.59 Å². The van der Waals surface area contributed by atoms with Crippen molar-refractivity contribution in [3.8, 4) is 0 Å². The largest absolute Gasteiger partial charge is 0.444 e. The number of ether oxygens (including phenoxy) is 1. The fourth-order valence-electron chi connectivity index (χ4n) is 2.82. The second-order valence-electron chi connectivity index (χ2n) is 6.11. The first-order chi connectivity index (χ1) is 12.2. The first kappa shape index (κ1) is 17.0. The number of rotatable bonds is 4. The first-order valence-electron chi connectivity index (χ1n) is 8.46. The van der Waals surface area contributed by atoms with Gasteiger partial charge in [-0.3, -0.25) is 4.79 Å². The molecule has 1 aliphatic rings. The molecule has 128 valence electrons. The molecule has 0 bridgehead atoms. The van der Waals surface area contributed by atoms with Gasteiger partial charge in [0.05, 0.1) is 0 Å². The maximum atomic E-state index is 12.3. The van der Waals surface area contributed by atoms with E-state index >= 15 is 0 Å². The predicted octanol–water partition coefficient (Wildman–Crippen LogP) is 4.28. The average molecular weight is 335 g/mol. The van der Waals surface area contributed by atoms with E-state index in [0.29, 0.717) is 13.0 Å². The van der Waals surface area contributed by atoms with Crippen molar-refractivity contribution < 1.29 is 14.3 Å². The van der Waals surface area contributed by atoms with Gasteiger partial charge in [-0.05, 0) is 23.5 Å². The Hall–Kier alpha value is -2.88. The number of imide groups is 1. The van der Waals surface area contributed by atoms with Gasteiger partial charge in [0.2, 0.25) is 5.91 Å². The molecule has 2 amide bonds. The molecular formula is C21H21NO3. The normalized spacial score (nSPS) is 17.7. The fourth-order valence-corrected chi connectivity index (χ4v) is 2.82. The standard InChI is InChI=1S/C21H21NO3/c23-20-15-18(12-11-17-7-3-1-4-8-17)13-14-22(20)21(24)25-16-19-9-5-2-6-10-19/h1-12,18H,13-16H2/b12-11+/t18-/m1/s1. The van der Waals surface area contributed by atoms with Crippen LogP contribution in [0, 0.1) is 5.92 Å². The maximum Gasteiger partial charge on any atom is 0.416 e. The second kappa shape index (κ2) is 8.29. The second-order valence-corrected chi connectivity index (χ2v) is 6.11. The molecule has 1 heterocycles. The lowest BCUT2D eigenvalue weighted by Gasteiger charge is -2.28. The highest BCUT2D eigenvalue weighted by Crippen LogP contribution is 2.21. The first-order valence-corrected chi connectivity index (χ1v) is 8.46. The number of amides is 2. The molecule has 0 aliphatic carbocycles. The van der Waals surface area contributed by atoms with Crippen LogP contribution >= 0.6 is 0 Å². The van der Waals surface area contributed by atoms with Gasteiger partial charge in [-0.15, -0.1) is 0 Å². The topological polar surface area (TPSA) is 46.6 Å². The number of likely N-dealkylation sites (tertiary alicyclic amines) is 1. The monoisotopic (exact) mass is 335 g/mol. The van der Waals surface area contributed by atoms with E-state index in [2.05, 4.69) is 6.08 Å². The average Bonchev–Trinajstić information content (AvgIpc) is 2.66. The molecule has 0 spiro atoms. The zero-order valence-corrected chi connectivity index (χ0v) is 14.0. The fraction of sp³-hybridized carbons (Fsp3) is 0.238. The molecule has 4 heteroatoms. The molecule has 0 aromatic heterocycles. The number of carbonyl (C=O) groups is 2. The zero-order valence-electron chi connectivity index (χ0n) is 14.0. The number of nitrogens with zero attached hydrogens (tertiary/aromatic N) is 1. The highest BCUT2D eigenvalue weighted by Gasteiger charge is 2.29. The minimum Gasteiger partial charge on any atom is -0.444 e. The van der Waals surface area contributed by atoms with E-state index in [1.54, 1.807) is 0 Å². The lowest BCUT2D eigenvalue weighted by molar-refractivity contribution is -0.132. The molecule has 0 radical (unpaired) electrons. The van der Waals surface area contributed by atoms with Crippen LogP contribution in [0.1, 0.15) is 24.0 Å². The van der Waals surface area contributed by atoms with Gasteiger partial charge in [-0.1, -0.05) is 72.8 Å². The van der Waals surface area contributed by atoms with Crippen LogP contribution in [0.15, 0.2) is 66.7 Å².